The average Bonchev–Trinajstić information content (AvgIpc) is 2.15. The van der Waals surface area contributed by atoms with Gasteiger partial charge in [0.15, 0.2) is 5.78 Å². The third kappa shape index (κ3) is 3.02. The van der Waals surface area contributed by atoms with Gasteiger partial charge >= 0.3 is 0 Å². The van der Waals surface area contributed by atoms with Crippen LogP contribution in [0.3, 0.4) is 0 Å². The van der Waals surface area contributed by atoms with Gasteiger partial charge in [-0.1, -0.05) is 12.1 Å². The molecule has 1 amide bonds. The molecule has 1 rings (SSSR count). The molecule has 0 fully saturated rings. The van der Waals surface area contributed by atoms with Crippen LogP contribution in [0.2, 0.25) is 0 Å². The summed E-state index contributed by atoms with van der Waals surface area (Å²) in [6.07, 6.45) is 1.34. The van der Waals surface area contributed by atoms with Gasteiger partial charge in [0.1, 0.15) is 5.82 Å². The third-order valence-corrected chi connectivity index (χ3v) is 1.83. The average molecular weight is 207 g/mol. The van der Waals surface area contributed by atoms with E-state index in [0.29, 0.717) is 5.56 Å². The molecule has 0 radical (unpaired) electrons. The number of carbonyl (C=O) groups is 2. The second-order valence-corrected chi connectivity index (χ2v) is 3.03. The molecule has 1 aromatic carbocycles. The van der Waals surface area contributed by atoms with Crippen molar-refractivity contribution in [3.05, 3.63) is 41.2 Å². The van der Waals surface area contributed by atoms with Gasteiger partial charge in [0.25, 0.3) is 5.91 Å². The highest BCUT2D eigenvalue weighted by molar-refractivity contribution is 6.21. The van der Waals surface area contributed by atoms with Crippen LogP contribution in [0.4, 0.5) is 4.39 Å². The van der Waals surface area contributed by atoms with Crippen LogP contribution >= 0.6 is 0 Å². The molecule has 15 heavy (non-hydrogen) atoms. The maximum absolute atomic E-state index is 12.6. The second-order valence-electron chi connectivity index (χ2n) is 3.03. The lowest BCUT2D eigenvalue weighted by atomic mass is 10.1. The van der Waals surface area contributed by atoms with Crippen LogP contribution in [-0.4, -0.2) is 11.7 Å². The molecule has 78 valence electrons. The highest BCUT2D eigenvalue weighted by Gasteiger charge is 2.09. The summed E-state index contributed by atoms with van der Waals surface area (Å²) >= 11 is 0. The highest BCUT2D eigenvalue weighted by atomic mass is 19.1. The molecule has 0 aromatic heterocycles. The van der Waals surface area contributed by atoms with E-state index < -0.39 is 11.7 Å². The quantitative estimate of drug-likeness (QED) is 0.461. The van der Waals surface area contributed by atoms with E-state index in [0.717, 1.165) is 0 Å². The molecule has 0 unspecified atom stereocenters. The van der Waals surface area contributed by atoms with Crippen molar-refractivity contribution in [2.75, 3.05) is 0 Å². The first-order valence-electron chi connectivity index (χ1n) is 4.28. The van der Waals surface area contributed by atoms with Crippen molar-refractivity contribution in [1.29, 1.82) is 0 Å². The third-order valence-electron chi connectivity index (χ3n) is 1.83. The number of amides is 1. The van der Waals surface area contributed by atoms with Crippen molar-refractivity contribution in [2.45, 2.75) is 6.92 Å². The minimum absolute atomic E-state index is 0.0957. The molecular formula is C11H10FNO2. The Balaban J connectivity index is 3.08. The highest BCUT2D eigenvalue weighted by Crippen LogP contribution is 2.08. The predicted octanol–water partition coefficient (Wildman–Crippen LogP) is 1.28. The minimum atomic E-state index is -0.785. The Morgan fingerprint density at radius 2 is 1.80 bits per heavy atom. The van der Waals surface area contributed by atoms with Crippen LogP contribution < -0.4 is 5.73 Å². The van der Waals surface area contributed by atoms with E-state index in [9.17, 15) is 14.0 Å². The monoisotopic (exact) mass is 207 g/mol. The number of carbonyl (C=O) groups excluding carboxylic acids is 2. The lowest BCUT2D eigenvalue weighted by Crippen LogP contribution is -2.18. The molecule has 0 saturated heterocycles. The van der Waals surface area contributed by atoms with E-state index >= 15 is 0 Å². The summed E-state index contributed by atoms with van der Waals surface area (Å²) in [7, 11) is 0. The Morgan fingerprint density at radius 1 is 1.27 bits per heavy atom. The van der Waals surface area contributed by atoms with Crippen LogP contribution in [0.5, 0.6) is 0 Å². The fourth-order valence-corrected chi connectivity index (χ4v) is 1.07. The van der Waals surface area contributed by atoms with Crippen LogP contribution in [0.15, 0.2) is 29.8 Å². The van der Waals surface area contributed by atoms with Gasteiger partial charge in [-0.05, 0) is 30.7 Å². The standard InChI is InChI=1S/C11H10FNO2/c1-7(14)10(11(13)15)6-8-2-4-9(12)5-3-8/h2-6H,1H3,(H2,13,15). The first-order chi connectivity index (χ1) is 7.00. The zero-order chi connectivity index (χ0) is 11.4. The summed E-state index contributed by atoms with van der Waals surface area (Å²) in [4.78, 5) is 21.9. The molecule has 2 N–H and O–H groups in total. The molecule has 4 heteroatoms. The molecule has 1 aromatic rings. The summed E-state index contributed by atoms with van der Waals surface area (Å²) in [5.74, 6) is -1.57. The predicted molar refractivity (Wildman–Crippen MR) is 54.3 cm³/mol. The van der Waals surface area contributed by atoms with Crippen molar-refractivity contribution < 1.29 is 14.0 Å². The number of benzene rings is 1. The zero-order valence-corrected chi connectivity index (χ0v) is 8.16. The van der Waals surface area contributed by atoms with Crippen molar-refractivity contribution in [3.63, 3.8) is 0 Å². The van der Waals surface area contributed by atoms with Crippen molar-refractivity contribution >= 4 is 17.8 Å². The second kappa shape index (κ2) is 4.50. The van der Waals surface area contributed by atoms with E-state index in [1.807, 2.05) is 0 Å². The van der Waals surface area contributed by atoms with Gasteiger partial charge in [-0.15, -0.1) is 0 Å². The van der Waals surface area contributed by atoms with E-state index in [4.69, 9.17) is 5.73 Å². The Kier molecular flexibility index (Phi) is 3.33. The molecule has 0 heterocycles. The number of hydrogen-bond donors (Lipinski definition) is 1. The number of primary amides is 1. The molecule has 3 nitrogen and oxygen atoms in total. The first kappa shape index (κ1) is 11.1. The fraction of sp³-hybridized carbons (Fsp3) is 0.0909. The molecule has 0 spiro atoms. The van der Waals surface area contributed by atoms with E-state index in [1.165, 1.54) is 37.3 Å². The van der Waals surface area contributed by atoms with Gasteiger partial charge < -0.3 is 5.73 Å². The Bertz CT molecular complexity index is 405. The summed E-state index contributed by atoms with van der Waals surface area (Å²) < 4.78 is 12.6. The van der Waals surface area contributed by atoms with Crippen LogP contribution in [0, 0.1) is 5.82 Å². The summed E-state index contributed by atoms with van der Waals surface area (Å²) in [6.45, 7) is 1.25. The molecule has 0 aliphatic heterocycles. The Hall–Kier alpha value is -1.97. The van der Waals surface area contributed by atoms with Crippen LogP contribution in [0.1, 0.15) is 12.5 Å². The van der Waals surface area contributed by atoms with Crippen molar-refractivity contribution in [3.8, 4) is 0 Å². The van der Waals surface area contributed by atoms with E-state index in [-0.39, 0.29) is 11.4 Å². The maximum Gasteiger partial charge on any atom is 0.252 e. The van der Waals surface area contributed by atoms with Gasteiger partial charge in [0.2, 0.25) is 0 Å². The van der Waals surface area contributed by atoms with Crippen LogP contribution in [-0.2, 0) is 9.59 Å². The van der Waals surface area contributed by atoms with Crippen molar-refractivity contribution in [2.24, 2.45) is 5.73 Å². The number of halogens is 1. The van der Waals surface area contributed by atoms with Crippen molar-refractivity contribution in [1.82, 2.24) is 0 Å². The number of ketones is 1. The number of nitrogens with two attached hydrogens (primary N) is 1. The summed E-state index contributed by atoms with van der Waals surface area (Å²) in [5.41, 5.74) is 5.47. The smallest absolute Gasteiger partial charge is 0.252 e. The largest absolute Gasteiger partial charge is 0.365 e. The first-order valence-corrected chi connectivity index (χ1v) is 4.28. The molecule has 0 saturated carbocycles. The van der Waals surface area contributed by atoms with Gasteiger partial charge in [-0.3, -0.25) is 9.59 Å². The maximum atomic E-state index is 12.6. The Morgan fingerprint density at radius 3 is 2.20 bits per heavy atom. The lowest BCUT2D eigenvalue weighted by molar-refractivity contribution is -0.119. The summed E-state index contributed by atoms with van der Waals surface area (Å²) in [5, 5.41) is 0. The molecule has 0 aliphatic rings. The SMILES string of the molecule is CC(=O)C(=Cc1ccc(F)cc1)C(N)=O. The molecule has 0 bridgehead atoms. The normalized spacial score (nSPS) is 11.2. The minimum Gasteiger partial charge on any atom is -0.365 e. The lowest BCUT2D eigenvalue weighted by Gasteiger charge is -1.98. The topological polar surface area (TPSA) is 60.2 Å². The molecule has 0 atom stereocenters. The number of rotatable bonds is 3. The van der Waals surface area contributed by atoms with Gasteiger partial charge in [0.05, 0.1) is 5.57 Å². The van der Waals surface area contributed by atoms with Gasteiger partial charge in [0, 0.05) is 0 Å². The van der Waals surface area contributed by atoms with E-state index in [2.05, 4.69) is 0 Å². The summed E-state index contributed by atoms with van der Waals surface area (Å²) in [6, 6.07) is 5.40. The van der Waals surface area contributed by atoms with Gasteiger partial charge in [-0.2, -0.15) is 0 Å². The number of hydrogen-bond acceptors (Lipinski definition) is 2. The van der Waals surface area contributed by atoms with Crippen LogP contribution in [0.25, 0.3) is 6.08 Å². The van der Waals surface area contributed by atoms with Gasteiger partial charge in [-0.25, -0.2) is 4.39 Å². The van der Waals surface area contributed by atoms with E-state index in [1.54, 1.807) is 0 Å². The number of Topliss-reactive ketones (excluding diaryl/α,β-unsaturated/α-hetero) is 1. The zero-order valence-electron chi connectivity index (χ0n) is 8.16. The fourth-order valence-electron chi connectivity index (χ4n) is 1.07. The molecular weight excluding hydrogens is 197 g/mol. The molecule has 0 aliphatic carbocycles. The Labute approximate surface area is 86.4 Å².